The van der Waals surface area contributed by atoms with Crippen molar-refractivity contribution in [1.29, 1.82) is 0 Å². The number of hydrogen-bond acceptors (Lipinski definition) is 1. The van der Waals surface area contributed by atoms with E-state index in [4.69, 9.17) is 4.74 Å². The summed E-state index contributed by atoms with van der Waals surface area (Å²) in [5.41, 5.74) is 0.372. The van der Waals surface area contributed by atoms with Gasteiger partial charge in [0.05, 0.1) is 10.6 Å². The maximum absolute atomic E-state index is 13.8. The van der Waals surface area contributed by atoms with Crippen LogP contribution in [0.4, 0.5) is 8.78 Å². The Morgan fingerprint density at radius 2 is 2.05 bits per heavy atom. The molecule has 19 heavy (non-hydrogen) atoms. The molecule has 2 atom stereocenters. The molecule has 0 saturated carbocycles. The van der Waals surface area contributed by atoms with Crippen molar-refractivity contribution in [3.05, 3.63) is 33.8 Å². The zero-order valence-corrected chi connectivity index (χ0v) is 13.6. The SMILES string of the molecule is Fc1cc(C(Br)CCC2CCCCO2)c(F)cc1Br. The Labute approximate surface area is 129 Å². The Balaban J connectivity index is 1.95. The fraction of sp³-hybridized carbons (Fsp3) is 0.571. The molecule has 1 aromatic rings. The Bertz CT molecular complexity index is 434. The van der Waals surface area contributed by atoms with Crippen LogP contribution in [-0.2, 0) is 4.74 Å². The Hall–Kier alpha value is -0.000000000000000111. The standard InChI is InChI=1S/C14H16Br2F2O/c15-11(5-4-9-3-1-2-6-19-9)10-7-14(18)12(16)8-13(10)17/h7-9,11H,1-6H2. The maximum atomic E-state index is 13.8. The van der Waals surface area contributed by atoms with Crippen molar-refractivity contribution < 1.29 is 13.5 Å². The zero-order valence-electron chi connectivity index (χ0n) is 10.5. The highest BCUT2D eigenvalue weighted by molar-refractivity contribution is 9.10. The van der Waals surface area contributed by atoms with E-state index in [0.717, 1.165) is 32.3 Å². The summed E-state index contributed by atoms with van der Waals surface area (Å²) in [7, 11) is 0. The van der Waals surface area contributed by atoms with Gasteiger partial charge in [-0.1, -0.05) is 15.9 Å². The van der Waals surface area contributed by atoms with Crippen LogP contribution in [0.5, 0.6) is 0 Å². The zero-order chi connectivity index (χ0) is 13.8. The first kappa shape index (κ1) is 15.4. The second-order valence-corrected chi connectivity index (χ2v) is 6.78. The predicted octanol–water partition coefficient (Wildman–Crippen LogP) is 5.51. The Morgan fingerprint density at radius 1 is 1.26 bits per heavy atom. The molecule has 1 saturated heterocycles. The maximum Gasteiger partial charge on any atom is 0.137 e. The van der Waals surface area contributed by atoms with Crippen molar-refractivity contribution in [1.82, 2.24) is 0 Å². The summed E-state index contributed by atoms with van der Waals surface area (Å²) in [5, 5.41) is 0. The number of benzene rings is 1. The van der Waals surface area contributed by atoms with Crippen molar-refractivity contribution in [2.75, 3.05) is 6.61 Å². The van der Waals surface area contributed by atoms with Gasteiger partial charge in [0.1, 0.15) is 11.6 Å². The Morgan fingerprint density at radius 3 is 2.74 bits per heavy atom. The summed E-state index contributed by atoms with van der Waals surface area (Å²) in [6, 6.07) is 2.43. The van der Waals surface area contributed by atoms with Gasteiger partial charge in [-0.05, 0) is 60.2 Å². The van der Waals surface area contributed by atoms with Gasteiger partial charge in [0, 0.05) is 17.0 Å². The number of rotatable bonds is 4. The summed E-state index contributed by atoms with van der Waals surface area (Å²) in [4.78, 5) is -0.180. The normalized spacial score (nSPS) is 21.4. The minimum atomic E-state index is -0.435. The highest BCUT2D eigenvalue weighted by Crippen LogP contribution is 2.34. The van der Waals surface area contributed by atoms with Gasteiger partial charge in [0.25, 0.3) is 0 Å². The summed E-state index contributed by atoms with van der Waals surface area (Å²) in [6.07, 6.45) is 5.25. The molecule has 1 heterocycles. The lowest BCUT2D eigenvalue weighted by Gasteiger charge is -2.23. The van der Waals surface area contributed by atoms with Gasteiger partial charge >= 0.3 is 0 Å². The first-order chi connectivity index (χ1) is 9.08. The third-order valence-electron chi connectivity index (χ3n) is 3.39. The molecule has 2 unspecified atom stereocenters. The molecule has 1 aromatic carbocycles. The van der Waals surface area contributed by atoms with Crippen molar-refractivity contribution in [2.24, 2.45) is 0 Å². The van der Waals surface area contributed by atoms with Crippen molar-refractivity contribution in [3.63, 3.8) is 0 Å². The number of ether oxygens (including phenoxy) is 1. The number of hydrogen-bond donors (Lipinski definition) is 0. The molecule has 0 bridgehead atoms. The van der Waals surface area contributed by atoms with Gasteiger partial charge in [-0.3, -0.25) is 0 Å². The largest absolute Gasteiger partial charge is 0.378 e. The van der Waals surface area contributed by atoms with Crippen molar-refractivity contribution >= 4 is 31.9 Å². The highest BCUT2D eigenvalue weighted by atomic mass is 79.9. The van der Waals surface area contributed by atoms with Crippen molar-refractivity contribution in [2.45, 2.75) is 43.0 Å². The van der Waals surface area contributed by atoms with Crippen LogP contribution in [0.2, 0.25) is 0 Å². The molecule has 1 aliphatic rings. The van der Waals surface area contributed by atoms with Gasteiger partial charge in [-0.15, -0.1) is 0 Å². The van der Waals surface area contributed by atoms with Gasteiger partial charge in [-0.2, -0.15) is 0 Å². The molecule has 0 aliphatic carbocycles. The Kier molecular flexibility index (Phi) is 5.78. The van der Waals surface area contributed by atoms with E-state index in [9.17, 15) is 8.78 Å². The molecule has 106 valence electrons. The number of halogens is 4. The van der Waals surface area contributed by atoms with Crippen LogP contribution in [0.3, 0.4) is 0 Å². The van der Waals surface area contributed by atoms with Crippen LogP contribution in [0, 0.1) is 11.6 Å². The van der Waals surface area contributed by atoms with Crippen molar-refractivity contribution in [3.8, 4) is 0 Å². The van der Waals surface area contributed by atoms with Crippen LogP contribution < -0.4 is 0 Å². The molecule has 0 spiro atoms. The molecule has 1 nitrogen and oxygen atoms in total. The monoisotopic (exact) mass is 396 g/mol. The topological polar surface area (TPSA) is 9.23 Å². The molecule has 5 heteroatoms. The molecule has 2 rings (SSSR count). The van der Waals surface area contributed by atoms with E-state index in [2.05, 4.69) is 31.9 Å². The third kappa shape index (κ3) is 4.23. The molecule has 0 aromatic heterocycles. The fourth-order valence-electron chi connectivity index (χ4n) is 2.30. The third-order valence-corrected chi connectivity index (χ3v) is 4.95. The molecule has 1 fully saturated rings. The van der Waals surface area contributed by atoms with Crippen LogP contribution in [0.25, 0.3) is 0 Å². The van der Waals surface area contributed by atoms with E-state index < -0.39 is 5.82 Å². The molecule has 1 aliphatic heterocycles. The van der Waals surface area contributed by atoms with Crippen LogP contribution >= 0.6 is 31.9 Å². The van der Waals surface area contributed by atoms with E-state index in [0.29, 0.717) is 5.56 Å². The van der Waals surface area contributed by atoms with Gasteiger partial charge in [0.15, 0.2) is 0 Å². The molecule has 0 amide bonds. The smallest absolute Gasteiger partial charge is 0.137 e. The van der Waals surface area contributed by atoms with E-state index in [-0.39, 0.29) is 21.2 Å². The minimum Gasteiger partial charge on any atom is -0.378 e. The lowest BCUT2D eigenvalue weighted by Crippen LogP contribution is -2.19. The summed E-state index contributed by atoms with van der Waals surface area (Å²) in [6.45, 7) is 0.818. The van der Waals surface area contributed by atoms with E-state index >= 15 is 0 Å². The molecule has 0 radical (unpaired) electrons. The highest BCUT2D eigenvalue weighted by Gasteiger charge is 2.19. The summed E-state index contributed by atoms with van der Waals surface area (Å²) < 4.78 is 33.0. The first-order valence-electron chi connectivity index (χ1n) is 6.48. The first-order valence-corrected chi connectivity index (χ1v) is 8.19. The number of alkyl halides is 1. The van der Waals surface area contributed by atoms with E-state index in [1.165, 1.54) is 18.6 Å². The van der Waals surface area contributed by atoms with Crippen LogP contribution in [0.1, 0.15) is 42.5 Å². The fourth-order valence-corrected chi connectivity index (χ4v) is 3.23. The van der Waals surface area contributed by atoms with Gasteiger partial charge in [0.2, 0.25) is 0 Å². The molecular weight excluding hydrogens is 382 g/mol. The van der Waals surface area contributed by atoms with Crippen LogP contribution in [-0.4, -0.2) is 12.7 Å². The van der Waals surface area contributed by atoms with E-state index in [1.54, 1.807) is 0 Å². The predicted molar refractivity (Wildman–Crippen MR) is 78.6 cm³/mol. The average Bonchev–Trinajstić information content (AvgIpc) is 2.41. The molecule has 0 N–H and O–H groups in total. The summed E-state index contributed by atoms with van der Waals surface area (Å²) >= 11 is 6.43. The lowest BCUT2D eigenvalue weighted by molar-refractivity contribution is 0.0101. The summed E-state index contributed by atoms with van der Waals surface area (Å²) in [5.74, 6) is -0.825. The van der Waals surface area contributed by atoms with Crippen LogP contribution in [0.15, 0.2) is 16.6 Å². The second-order valence-electron chi connectivity index (χ2n) is 4.82. The minimum absolute atomic E-state index is 0.157. The molecular formula is C14H16Br2F2O. The lowest BCUT2D eigenvalue weighted by atomic mass is 10.0. The van der Waals surface area contributed by atoms with Gasteiger partial charge < -0.3 is 4.74 Å². The second kappa shape index (κ2) is 7.14. The van der Waals surface area contributed by atoms with Gasteiger partial charge in [-0.25, -0.2) is 8.78 Å². The van der Waals surface area contributed by atoms with E-state index in [1.807, 2.05) is 0 Å². The average molecular weight is 398 g/mol. The quantitative estimate of drug-likeness (QED) is 0.480.